The molecule has 110 valence electrons. The third kappa shape index (κ3) is 2.66. The van der Waals surface area contributed by atoms with Crippen molar-refractivity contribution >= 4 is 15.8 Å². The van der Waals surface area contributed by atoms with E-state index in [1.807, 2.05) is 0 Å². The minimum atomic E-state index is -3.06. The lowest BCUT2D eigenvalue weighted by molar-refractivity contribution is 0.0697. The zero-order chi connectivity index (χ0) is 15.0. The molecule has 3 heterocycles. The van der Waals surface area contributed by atoms with Crippen LogP contribution in [0.1, 0.15) is 22.8 Å². The predicted octanol–water partition coefficient (Wildman–Crippen LogP) is 1.00. The predicted molar refractivity (Wildman–Crippen MR) is 74.7 cm³/mol. The molecule has 0 aliphatic carbocycles. The monoisotopic (exact) mass is 307 g/mol. The maximum absolute atomic E-state index is 11.5. The highest BCUT2D eigenvalue weighted by atomic mass is 32.2. The fraction of sp³-hybridized carbons (Fsp3) is 0.308. The van der Waals surface area contributed by atoms with E-state index in [1.165, 1.54) is 10.9 Å². The maximum Gasteiger partial charge on any atom is 0.339 e. The second-order valence-corrected chi connectivity index (χ2v) is 7.18. The number of aromatic carboxylic acids is 1. The van der Waals surface area contributed by atoms with Gasteiger partial charge in [0.25, 0.3) is 0 Å². The van der Waals surface area contributed by atoms with Gasteiger partial charge in [0, 0.05) is 12.4 Å². The molecule has 1 saturated heterocycles. The summed E-state index contributed by atoms with van der Waals surface area (Å²) in [5.41, 5.74) is 0.736. The molecular weight excluding hydrogens is 294 g/mol. The number of aromatic nitrogens is 3. The van der Waals surface area contributed by atoms with Crippen molar-refractivity contribution < 1.29 is 18.3 Å². The molecule has 7 nitrogen and oxygen atoms in total. The molecule has 1 N–H and O–H groups in total. The van der Waals surface area contributed by atoms with E-state index >= 15 is 0 Å². The zero-order valence-corrected chi connectivity index (χ0v) is 11.8. The van der Waals surface area contributed by atoms with Crippen molar-refractivity contribution in [3.05, 3.63) is 36.2 Å². The van der Waals surface area contributed by atoms with Crippen molar-refractivity contribution in [3.8, 4) is 11.4 Å². The first-order valence-corrected chi connectivity index (χ1v) is 8.23. The van der Waals surface area contributed by atoms with Crippen LogP contribution in [0.3, 0.4) is 0 Å². The number of carbonyl (C=O) groups is 1. The van der Waals surface area contributed by atoms with Gasteiger partial charge in [0.1, 0.15) is 11.3 Å². The van der Waals surface area contributed by atoms with Crippen LogP contribution in [0.2, 0.25) is 0 Å². The molecule has 8 heteroatoms. The molecule has 0 bridgehead atoms. The van der Waals surface area contributed by atoms with Crippen LogP contribution in [0, 0.1) is 0 Å². The molecule has 2 aromatic heterocycles. The Labute approximate surface area is 121 Å². The van der Waals surface area contributed by atoms with Crippen molar-refractivity contribution in [2.24, 2.45) is 0 Å². The molecule has 2 aromatic rings. The molecule has 1 atom stereocenters. The average Bonchev–Trinajstić information content (AvgIpc) is 3.03. The number of rotatable bonds is 3. The van der Waals surface area contributed by atoms with E-state index in [9.17, 15) is 18.3 Å². The van der Waals surface area contributed by atoms with E-state index in [4.69, 9.17) is 0 Å². The van der Waals surface area contributed by atoms with Crippen LogP contribution in [0.25, 0.3) is 11.4 Å². The van der Waals surface area contributed by atoms with Crippen molar-refractivity contribution in [1.82, 2.24) is 14.8 Å². The van der Waals surface area contributed by atoms with Crippen molar-refractivity contribution in [2.75, 3.05) is 11.5 Å². The van der Waals surface area contributed by atoms with Gasteiger partial charge in [0.05, 0.1) is 23.2 Å². The van der Waals surface area contributed by atoms with E-state index in [-0.39, 0.29) is 28.8 Å². The highest BCUT2D eigenvalue weighted by Crippen LogP contribution is 2.27. The summed E-state index contributed by atoms with van der Waals surface area (Å²) in [5.74, 6) is -1.00. The minimum absolute atomic E-state index is 0.00457. The Hall–Kier alpha value is -2.22. The third-order valence-electron chi connectivity index (χ3n) is 3.45. The molecule has 21 heavy (non-hydrogen) atoms. The first-order valence-electron chi connectivity index (χ1n) is 6.40. The lowest BCUT2D eigenvalue weighted by atomic mass is 10.2. The number of carboxylic acids is 1. The average molecular weight is 307 g/mol. The molecule has 1 fully saturated rings. The van der Waals surface area contributed by atoms with Gasteiger partial charge in [-0.1, -0.05) is 6.07 Å². The number of sulfone groups is 1. The molecule has 0 radical (unpaired) electrons. The van der Waals surface area contributed by atoms with Gasteiger partial charge in [-0.25, -0.2) is 13.2 Å². The molecule has 0 saturated carbocycles. The normalized spacial score (nSPS) is 20.5. The molecule has 1 aliphatic heterocycles. The molecule has 1 unspecified atom stereocenters. The van der Waals surface area contributed by atoms with E-state index in [0.717, 1.165) is 0 Å². The van der Waals surface area contributed by atoms with E-state index < -0.39 is 15.8 Å². The smallest absolute Gasteiger partial charge is 0.339 e. The Kier molecular flexibility index (Phi) is 3.25. The largest absolute Gasteiger partial charge is 0.478 e. The summed E-state index contributed by atoms with van der Waals surface area (Å²) in [5, 5.41) is 13.5. The van der Waals surface area contributed by atoms with Gasteiger partial charge in [-0.2, -0.15) is 5.10 Å². The highest BCUT2D eigenvalue weighted by molar-refractivity contribution is 7.91. The molecule has 0 amide bonds. The highest BCUT2D eigenvalue weighted by Gasteiger charge is 2.31. The summed E-state index contributed by atoms with van der Waals surface area (Å²) < 4.78 is 24.5. The topological polar surface area (TPSA) is 102 Å². The number of nitrogens with zero attached hydrogens (tertiary/aromatic N) is 3. The summed E-state index contributed by atoms with van der Waals surface area (Å²) in [6.07, 6.45) is 3.39. The number of hydrogen-bond donors (Lipinski definition) is 1. The molecular formula is C13H13N3O4S. The summed E-state index contributed by atoms with van der Waals surface area (Å²) in [6, 6.07) is 4.83. The van der Waals surface area contributed by atoms with Crippen LogP contribution < -0.4 is 0 Å². The van der Waals surface area contributed by atoms with Crippen LogP contribution in [0.5, 0.6) is 0 Å². The van der Waals surface area contributed by atoms with Gasteiger partial charge in [-0.15, -0.1) is 0 Å². The van der Waals surface area contributed by atoms with Gasteiger partial charge >= 0.3 is 5.97 Å². The number of pyridine rings is 1. The minimum Gasteiger partial charge on any atom is -0.478 e. The number of carboxylic acid groups (broad SMARTS) is 1. The van der Waals surface area contributed by atoms with Crippen LogP contribution in [0.4, 0.5) is 0 Å². The molecule has 0 spiro atoms. The van der Waals surface area contributed by atoms with Gasteiger partial charge in [0.2, 0.25) is 0 Å². The van der Waals surface area contributed by atoms with Gasteiger partial charge in [0.15, 0.2) is 9.84 Å². The van der Waals surface area contributed by atoms with Gasteiger partial charge < -0.3 is 5.11 Å². The van der Waals surface area contributed by atoms with E-state index in [1.54, 1.807) is 24.4 Å². The van der Waals surface area contributed by atoms with Crippen molar-refractivity contribution in [3.63, 3.8) is 0 Å². The SMILES string of the molecule is O=C(O)c1cn(C2CCS(=O)(=O)C2)nc1-c1ccccn1. The summed E-state index contributed by atoms with van der Waals surface area (Å²) in [7, 11) is -3.06. The summed E-state index contributed by atoms with van der Waals surface area (Å²) in [4.78, 5) is 15.5. The standard InChI is InChI=1S/C13H13N3O4S/c17-13(18)10-7-16(9-4-6-21(19,20)8-9)15-12(10)11-3-1-2-5-14-11/h1-3,5,7,9H,4,6,8H2,(H,17,18). The van der Waals surface area contributed by atoms with Crippen LogP contribution in [-0.2, 0) is 9.84 Å². The fourth-order valence-corrected chi connectivity index (χ4v) is 4.11. The van der Waals surface area contributed by atoms with Crippen LogP contribution >= 0.6 is 0 Å². The van der Waals surface area contributed by atoms with Gasteiger partial charge in [-0.3, -0.25) is 9.67 Å². The van der Waals surface area contributed by atoms with E-state index in [2.05, 4.69) is 10.1 Å². The second-order valence-electron chi connectivity index (χ2n) is 4.95. The van der Waals surface area contributed by atoms with Crippen LogP contribution in [-0.4, -0.2) is 45.8 Å². The Morgan fingerprint density at radius 3 is 2.76 bits per heavy atom. The Morgan fingerprint density at radius 1 is 1.38 bits per heavy atom. The Balaban J connectivity index is 2.04. The first-order chi connectivity index (χ1) is 9.96. The van der Waals surface area contributed by atoms with E-state index in [0.29, 0.717) is 12.1 Å². The van der Waals surface area contributed by atoms with Gasteiger partial charge in [-0.05, 0) is 18.6 Å². The molecule has 0 aromatic carbocycles. The Bertz CT molecular complexity index is 783. The van der Waals surface area contributed by atoms with Crippen LogP contribution in [0.15, 0.2) is 30.6 Å². The first kappa shape index (κ1) is 13.7. The zero-order valence-electron chi connectivity index (χ0n) is 11.0. The van der Waals surface area contributed by atoms with Crippen molar-refractivity contribution in [1.29, 1.82) is 0 Å². The lowest BCUT2D eigenvalue weighted by Crippen LogP contribution is -2.11. The number of hydrogen-bond acceptors (Lipinski definition) is 5. The molecule has 1 aliphatic rings. The van der Waals surface area contributed by atoms with Crippen molar-refractivity contribution in [2.45, 2.75) is 12.5 Å². The maximum atomic E-state index is 11.5. The lowest BCUT2D eigenvalue weighted by Gasteiger charge is -2.07. The fourth-order valence-electron chi connectivity index (χ4n) is 2.41. The quantitative estimate of drug-likeness (QED) is 0.907. The third-order valence-corrected chi connectivity index (χ3v) is 5.20. The summed E-state index contributed by atoms with van der Waals surface area (Å²) >= 11 is 0. The second kappa shape index (κ2) is 4.96. The molecule has 3 rings (SSSR count). The Morgan fingerprint density at radius 2 is 2.19 bits per heavy atom. The summed E-state index contributed by atoms with van der Waals surface area (Å²) in [6.45, 7) is 0.